The molecule has 1 aromatic carbocycles. The number of benzene rings is 1. The highest BCUT2D eigenvalue weighted by atomic mass is 32.2. The minimum absolute atomic E-state index is 0.272. The highest BCUT2D eigenvalue weighted by Crippen LogP contribution is 2.22. The van der Waals surface area contributed by atoms with Crippen molar-refractivity contribution in [3.63, 3.8) is 0 Å². The van der Waals surface area contributed by atoms with Crippen molar-refractivity contribution in [3.8, 4) is 0 Å². The molecule has 25 heavy (non-hydrogen) atoms. The summed E-state index contributed by atoms with van der Waals surface area (Å²) in [5, 5.41) is 21.7. The molecule has 0 saturated carbocycles. The molecular weight excluding hydrogens is 340 g/mol. The molecular formula is C17H16N4O3S. The number of nitrogens with zero attached hydrogens (tertiary/aromatic N) is 4. The van der Waals surface area contributed by atoms with Crippen LogP contribution >= 0.6 is 11.8 Å². The normalized spacial score (nSPS) is 11.2. The molecule has 7 nitrogen and oxygen atoms in total. The summed E-state index contributed by atoms with van der Waals surface area (Å²) in [6.45, 7) is 2.80. The van der Waals surface area contributed by atoms with E-state index in [1.807, 2.05) is 29.7 Å². The summed E-state index contributed by atoms with van der Waals surface area (Å²) in [5.74, 6) is 1.05. The lowest BCUT2D eigenvalue weighted by atomic mass is 10.1. The zero-order chi connectivity index (χ0) is 17.6. The van der Waals surface area contributed by atoms with Crippen molar-refractivity contribution < 1.29 is 9.34 Å². The minimum atomic E-state index is -0.561. The monoisotopic (exact) mass is 356 g/mol. The van der Waals surface area contributed by atoms with Crippen LogP contribution in [0.5, 0.6) is 0 Å². The maximum Gasteiger partial charge on any atom is 0.433 e. The standard InChI is InChI=1S/C17H16N4O3S/c1-2-20-15(12-13-6-4-3-5-7-13)18-19-17(20)25-11-10-14-8-9-16(24-14)21(22)23/h3-11H,2,12H2,1H3/b11-10+. The molecule has 0 bridgehead atoms. The maximum absolute atomic E-state index is 10.6. The van der Waals surface area contributed by atoms with Crippen molar-refractivity contribution in [2.45, 2.75) is 25.0 Å². The van der Waals surface area contributed by atoms with Crippen molar-refractivity contribution in [2.75, 3.05) is 0 Å². The zero-order valence-electron chi connectivity index (χ0n) is 13.5. The van der Waals surface area contributed by atoms with E-state index in [0.717, 1.165) is 23.9 Å². The molecule has 0 aliphatic carbocycles. The first-order valence-electron chi connectivity index (χ1n) is 7.71. The summed E-state index contributed by atoms with van der Waals surface area (Å²) in [4.78, 5) is 10.0. The van der Waals surface area contributed by atoms with E-state index in [2.05, 4.69) is 22.3 Å². The Labute approximate surface area is 148 Å². The van der Waals surface area contributed by atoms with E-state index in [1.165, 1.54) is 23.4 Å². The lowest BCUT2D eigenvalue weighted by molar-refractivity contribution is -0.402. The van der Waals surface area contributed by atoms with E-state index in [4.69, 9.17) is 4.42 Å². The van der Waals surface area contributed by atoms with Crippen molar-refractivity contribution >= 4 is 23.7 Å². The van der Waals surface area contributed by atoms with E-state index in [9.17, 15) is 10.1 Å². The van der Waals surface area contributed by atoms with Crippen molar-refractivity contribution in [2.24, 2.45) is 0 Å². The molecule has 0 fully saturated rings. The van der Waals surface area contributed by atoms with Gasteiger partial charge in [0.2, 0.25) is 0 Å². The van der Waals surface area contributed by atoms with E-state index in [0.29, 0.717) is 5.76 Å². The summed E-state index contributed by atoms with van der Waals surface area (Å²) >= 11 is 1.39. The first kappa shape index (κ1) is 17.0. The molecule has 0 radical (unpaired) electrons. The highest BCUT2D eigenvalue weighted by molar-refractivity contribution is 8.02. The van der Waals surface area contributed by atoms with E-state index in [1.54, 1.807) is 17.6 Å². The average molecular weight is 356 g/mol. The zero-order valence-corrected chi connectivity index (χ0v) is 14.3. The Kier molecular flexibility index (Phi) is 5.30. The second kappa shape index (κ2) is 7.80. The summed E-state index contributed by atoms with van der Waals surface area (Å²) in [7, 11) is 0. The predicted molar refractivity (Wildman–Crippen MR) is 95.2 cm³/mol. The second-order valence-corrected chi connectivity index (χ2v) is 6.03. The Morgan fingerprint density at radius 3 is 2.72 bits per heavy atom. The minimum Gasteiger partial charge on any atom is -0.401 e. The van der Waals surface area contributed by atoms with Crippen LogP contribution in [-0.2, 0) is 13.0 Å². The second-order valence-electron chi connectivity index (χ2n) is 5.16. The van der Waals surface area contributed by atoms with E-state index in [-0.39, 0.29) is 5.88 Å². The number of rotatable bonds is 7. The van der Waals surface area contributed by atoms with Gasteiger partial charge in [-0.1, -0.05) is 42.1 Å². The van der Waals surface area contributed by atoms with Crippen LogP contribution in [0.2, 0.25) is 0 Å². The van der Waals surface area contributed by atoms with Gasteiger partial charge in [-0.15, -0.1) is 10.2 Å². The van der Waals surface area contributed by atoms with Gasteiger partial charge < -0.3 is 8.98 Å². The number of nitro groups is 1. The molecule has 0 saturated heterocycles. The first-order chi connectivity index (χ1) is 12.2. The van der Waals surface area contributed by atoms with Gasteiger partial charge in [0.1, 0.15) is 16.5 Å². The Balaban J connectivity index is 1.70. The molecule has 2 heterocycles. The highest BCUT2D eigenvalue weighted by Gasteiger charge is 2.12. The molecule has 0 aliphatic rings. The average Bonchev–Trinajstić information content (AvgIpc) is 3.23. The van der Waals surface area contributed by atoms with E-state index < -0.39 is 4.92 Å². The summed E-state index contributed by atoms with van der Waals surface area (Å²) in [5.41, 5.74) is 1.18. The van der Waals surface area contributed by atoms with Gasteiger partial charge in [-0.2, -0.15) is 0 Å². The topological polar surface area (TPSA) is 87.0 Å². The Morgan fingerprint density at radius 2 is 2.04 bits per heavy atom. The summed E-state index contributed by atoms with van der Waals surface area (Å²) < 4.78 is 7.13. The molecule has 2 aromatic heterocycles. The predicted octanol–water partition coefficient (Wildman–Crippen LogP) is 4.15. The van der Waals surface area contributed by atoms with Crippen LogP contribution < -0.4 is 0 Å². The van der Waals surface area contributed by atoms with Gasteiger partial charge in [-0.25, -0.2) is 0 Å². The number of hydrogen-bond acceptors (Lipinski definition) is 6. The van der Waals surface area contributed by atoms with Crippen LogP contribution in [0.3, 0.4) is 0 Å². The Morgan fingerprint density at radius 1 is 1.24 bits per heavy atom. The van der Waals surface area contributed by atoms with Crippen LogP contribution in [0.25, 0.3) is 6.08 Å². The third-order valence-electron chi connectivity index (χ3n) is 3.51. The van der Waals surface area contributed by atoms with Crippen molar-refractivity contribution in [1.82, 2.24) is 14.8 Å². The summed E-state index contributed by atoms with van der Waals surface area (Å²) in [6, 6.07) is 13.0. The molecule has 0 aliphatic heterocycles. The molecule has 3 aromatic rings. The quantitative estimate of drug-likeness (QED) is 0.359. The lowest BCUT2D eigenvalue weighted by Crippen LogP contribution is -2.03. The molecule has 0 atom stereocenters. The van der Waals surface area contributed by atoms with Gasteiger partial charge in [0.15, 0.2) is 5.16 Å². The fourth-order valence-corrected chi connectivity index (χ4v) is 3.10. The molecule has 0 N–H and O–H groups in total. The Bertz CT molecular complexity index is 886. The summed E-state index contributed by atoms with van der Waals surface area (Å²) in [6.07, 6.45) is 2.39. The number of hydrogen-bond donors (Lipinski definition) is 0. The van der Waals surface area contributed by atoms with Gasteiger partial charge in [-0.05, 0) is 30.0 Å². The van der Waals surface area contributed by atoms with Crippen LogP contribution in [0.15, 0.2) is 57.4 Å². The smallest absolute Gasteiger partial charge is 0.401 e. The molecule has 8 heteroatoms. The fourth-order valence-electron chi connectivity index (χ4n) is 2.32. The van der Waals surface area contributed by atoms with Gasteiger partial charge in [-0.3, -0.25) is 10.1 Å². The van der Waals surface area contributed by atoms with Crippen LogP contribution in [0.4, 0.5) is 5.88 Å². The van der Waals surface area contributed by atoms with Crippen molar-refractivity contribution in [1.29, 1.82) is 0 Å². The number of furan rings is 1. The molecule has 0 unspecified atom stereocenters. The van der Waals surface area contributed by atoms with Gasteiger partial charge in [0, 0.05) is 13.0 Å². The van der Waals surface area contributed by atoms with Crippen LogP contribution in [0.1, 0.15) is 24.1 Å². The SMILES string of the molecule is CCn1c(Cc2ccccc2)nnc1S/C=C/c1ccc([N+](=O)[O-])o1. The van der Waals surface area contributed by atoms with Gasteiger partial charge in [0.25, 0.3) is 0 Å². The lowest BCUT2D eigenvalue weighted by Gasteiger charge is -2.05. The number of aromatic nitrogens is 3. The molecule has 0 amide bonds. The molecule has 128 valence electrons. The van der Waals surface area contributed by atoms with Crippen LogP contribution in [-0.4, -0.2) is 19.7 Å². The third kappa shape index (κ3) is 4.16. The largest absolute Gasteiger partial charge is 0.433 e. The fraction of sp³-hybridized carbons (Fsp3) is 0.176. The van der Waals surface area contributed by atoms with Crippen molar-refractivity contribution in [3.05, 3.63) is 75.1 Å². The first-order valence-corrected chi connectivity index (χ1v) is 8.58. The number of thioether (sulfide) groups is 1. The Hall–Kier alpha value is -2.87. The maximum atomic E-state index is 10.6. The molecule has 3 rings (SSSR count). The third-order valence-corrected chi connectivity index (χ3v) is 4.30. The van der Waals surface area contributed by atoms with E-state index >= 15 is 0 Å². The van der Waals surface area contributed by atoms with Crippen LogP contribution in [0, 0.1) is 10.1 Å². The van der Waals surface area contributed by atoms with Gasteiger partial charge >= 0.3 is 5.88 Å². The van der Waals surface area contributed by atoms with Gasteiger partial charge in [0.05, 0.1) is 6.07 Å². The molecule has 0 spiro atoms.